The summed E-state index contributed by atoms with van der Waals surface area (Å²) in [5.41, 5.74) is 0.206. The summed E-state index contributed by atoms with van der Waals surface area (Å²) < 4.78 is 66.0. The van der Waals surface area contributed by atoms with E-state index < -0.39 is 23.4 Å². The van der Waals surface area contributed by atoms with Crippen molar-refractivity contribution >= 4 is 17.2 Å². The van der Waals surface area contributed by atoms with Gasteiger partial charge in [0, 0.05) is 41.1 Å². The summed E-state index contributed by atoms with van der Waals surface area (Å²) in [6.45, 7) is 15.1. The molecule has 0 atom stereocenters. The number of benzene rings is 1. The fourth-order valence-electron chi connectivity index (χ4n) is 3.72. The number of carbonyl (C=O) groups is 1. The largest absolute Gasteiger partial charge is 0.461 e. The molecule has 0 amide bonds. The molecule has 0 aliphatic heterocycles. The zero-order chi connectivity index (χ0) is 22.9. The van der Waals surface area contributed by atoms with Crippen LogP contribution in [0.3, 0.4) is 0 Å². The predicted molar refractivity (Wildman–Crippen MR) is 107 cm³/mol. The number of alkyl halides is 5. The smallest absolute Gasteiger partial charge is 0.367 e. The molecule has 0 unspecified atom stereocenters. The number of carbonyl (C=O) groups excluding carboxylic acids is 1. The summed E-state index contributed by atoms with van der Waals surface area (Å²) >= 11 is 0. The van der Waals surface area contributed by atoms with E-state index in [1.165, 1.54) is 0 Å². The second-order valence-corrected chi connectivity index (χ2v) is 8.33. The number of hydrogen-bond acceptors (Lipinski definition) is 3. The Morgan fingerprint density at radius 2 is 1.00 bits per heavy atom. The summed E-state index contributed by atoms with van der Waals surface area (Å²) in [4.78, 5) is 16.0. The third-order valence-corrected chi connectivity index (χ3v) is 4.63. The van der Waals surface area contributed by atoms with E-state index in [2.05, 4.69) is 0 Å². The topological polar surface area (TPSA) is 23.6 Å². The van der Waals surface area contributed by atoms with E-state index in [1.807, 2.05) is 65.2 Å². The normalized spacial score (nSPS) is 13.0. The van der Waals surface area contributed by atoms with Gasteiger partial charge < -0.3 is 9.80 Å². The van der Waals surface area contributed by atoms with E-state index in [0.29, 0.717) is 11.4 Å². The molecule has 0 saturated carbocycles. The Hall–Kier alpha value is -1.86. The van der Waals surface area contributed by atoms with Crippen LogP contribution in [0.15, 0.2) is 18.2 Å². The van der Waals surface area contributed by atoms with Gasteiger partial charge in [0.25, 0.3) is 0 Å². The van der Waals surface area contributed by atoms with Crippen LogP contribution in [0.2, 0.25) is 0 Å². The minimum Gasteiger partial charge on any atom is -0.367 e. The Morgan fingerprint density at radius 3 is 1.24 bits per heavy atom. The zero-order valence-corrected chi connectivity index (χ0v) is 18.2. The lowest BCUT2D eigenvalue weighted by Crippen LogP contribution is -2.44. The van der Waals surface area contributed by atoms with Crippen molar-refractivity contribution in [2.45, 2.75) is 91.7 Å². The minimum atomic E-state index is -5.95. The summed E-state index contributed by atoms with van der Waals surface area (Å²) in [6, 6.07) is 3.79. The Morgan fingerprint density at radius 1 is 0.690 bits per heavy atom. The maximum Gasteiger partial charge on any atom is 0.461 e. The first-order chi connectivity index (χ1) is 13.0. The predicted octanol–water partition coefficient (Wildman–Crippen LogP) is 6.31. The molecular formula is C21H31F5N2O. The first-order valence-electron chi connectivity index (χ1n) is 9.73. The van der Waals surface area contributed by atoms with Crippen LogP contribution in [-0.4, -0.2) is 42.0 Å². The quantitative estimate of drug-likeness (QED) is 0.362. The molecule has 1 aromatic carbocycles. The maximum absolute atomic E-state index is 13.8. The molecule has 166 valence electrons. The van der Waals surface area contributed by atoms with Gasteiger partial charge in [0.1, 0.15) is 0 Å². The van der Waals surface area contributed by atoms with E-state index in [1.54, 1.807) is 6.07 Å². The van der Waals surface area contributed by atoms with Gasteiger partial charge in [-0.3, -0.25) is 4.79 Å². The lowest BCUT2D eigenvalue weighted by atomic mass is 10.0. The minimum absolute atomic E-state index is 0.0529. The molecule has 0 heterocycles. The SMILES string of the molecule is CC(C)N(c1cc(C(=O)C(F)(F)C(F)(F)F)cc(N(C(C)C)C(C)C)c1)C(C)C. The van der Waals surface area contributed by atoms with E-state index >= 15 is 0 Å². The Bertz CT molecular complexity index is 657. The van der Waals surface area contributed by atoms with Gasteiger partial charge >= 0.3 is 12.1 Å². The van der Waals surface area contributed by atoms with Gasteiger partial charge in [0.2, 0.25) is 5.78 Å². The average molecular weight is 422 g/mol. The van der Waals surface area contributed by atoms with Crippen LogP contribution < -0.4 is 9.80 Å². The number of anilines is 2. The number of halogens is 5. The highest BCUT2D eigenvalue weighted by atomic mass is 19.4. The van der Waals surface area contributed by atoms with Crippen LogP contribution in [0, 0.1) is 0 Å². The number of ketones is 1. The Balaban J connectivity index is 3.75. The van der Waals surface area contributed by atoms with Gasteiger partial charge in [0.05, 0.1) is 0 Å². The second-order valence-electron chi connectivity index (χ2n) is 8.33. The van der Waals surface area contributed by atoms with Gasteiger partial charge in [-0.1, -0.05) is 0 Å². The molecule has 0 aliphatic carbocycles. The molecule has 0 aliphatic rings. The van der Waals surface area contributed by atoms with Gasteiger partial charge in [-0.15, -0.1) is 0 Å². The van der Waals surface area contributed by atoms with Crippen molar-refractivity contribution in [2.75, 3.05) is 9.80 Å². The summed E-state index contributed by atoms with van der Waals surface area (Å²) in [7, 11) is 0. The third kappa shape index (κ3) is 5.39. The Labute approximate surface area is 169 Å². The van der Waals surface area contributed by atoms with Crippen molar-refractivity contribution in [2.24, 2.45) is 0 Å². The molecule has 0 fully saturated rings. The van der Waals surface area contributed by atoms with Crippen molar-refractivity contribution in [3.05, 3.63) is 23.8 Å². The summed E-state index contributed by atoms with van der Waals surface area (Å²) in [5, 5.41) is 0. The van der Waals surface area contributed by atoms with E-state index in [4.69, 9.17) is 0 Å². The van der Waals surface area contributed by atoms with E-state index in [-0.39, 0.29) is 24.2 Å². The highest BCUT2D eigenvalue weighted by molar-refractivity contribution is 6.03. The van der Waals surface area contributed by atoms with E-state index in [0.717, 1.165) is 12.1 Å². The number of rotatable bonds is 8. The second kappa shape index (κ2) is 8.88. The van der Waals surface area contributed by atoms with Crippen LogP contribution in [-0.2, 0) is 0 Å². The molecule has 0 radical (unpaired) electrons. The van der Waals surface area contributed by atoms with Gasteiger partial charge in [0.15, 0.2) is 0 Å². The van der Waals surface area contributed by atoms with Gasteiger partial charge in [-0.25, -0.2) is 0 Å². The monoisotopic (exact) mass is 422 g/mol. The first kappa shape index (κ1) is 25.2. The van der Waals surface area contributed by atoms with Crippen LogP contribution in [0.5, 0.6) is 0 Å². The molecule has 1 rings (SSSR count). The van der Waals surface area contributed by atoms with Crippen LogP contribution in [0.4, 0.5) is 33.3 Å². The third-order valence-electron chi connectivity index (χ3n) is 4.63. The molecule has 29 heavy (non-hydrogen) atoms. The fraction of sp³-hybridized carbons (Fsp3) is 0.667. The lowest BCUT2D eigenvalue weighted by molar-refractivity contribution is -0.255. The average Bonchev–Trinajstić information content (AvgIpc) is 2.51. The number of Topliss-reactive ketones (excluding diaryl/α,β-unsaturated/α-hetero) is 1. The molecule has 0 saturated heterocycles. The molecule has 8 heteroatoms. The molecule has 0 aromatic heterocycles. The summed E-state index contributed by atoms with van der Waals surface area (Å²) in [6.07, 6.45) is -5.95. The van der Waals surface area contributed by atoms with E-state index in [9.17, 15) is 26.7 Å². The number of nitrogens with zero attached hydrogens (tertiary/aromatic N) is 2. The molecule has 1 aromatic rings. The molecule has 0 bridgehead atoms. The maximum atomic E-state index is 13.8. The van der Waals surface area contributed by atoms with Crippen molar-refractivity contribution in [1.29, 1.82) is 0 Å². The van der Waals surface area contributed by atoms with Crippen molar-refractivity contribution in [3.8, 4) is 0 Å². The van der Waals surface area contributed by atoms with Crippen molar-refractivity contribution in [1.82, 2.24) is 0 Å². The molecule has 0 N–H and O–H groups in total. The first-order valence-corrected chi connectivity index (χ1v) is 9.73. The van der Waals surface area contributed by atoms with Gasteiger partial charge in [-0.2, -0.15) is 22.0 Å². The summed E-state index contributed by atoms with van der Waals surface area (Å²) in [5.74, 6) is -7.70. The van der Waals surface area contributed by atoms with Crippen molar-refractivity contribution in [3.63, 3.8) is 0 Å². The fourth-order valence-corrected chi connectivity index (χ4v) is 3.72. The van der Waals surface area contributed by atoms with Crippen LogP contribution in [0.25, 0.3) is 0 Å². The molecular weight excluding hydrogens is 391 g/mol. The van der Waals surface area contributed by atoms with Crippen LogP contribution >= 0.6 is 0 Å². The molecule has 0 spiro atoms. The highest BCUT2D eigenvalue weighted by Gasteiger charge is 2.63. The molecule has 3 nitrogen and oxygen atoms in total. The lowest BCUT2D eigenvalue weighted by Gasteiger charge is -2.37. The number of hydrogen-bond donors (Lipinski definition) is 0. The Kier molecular flexibility index (Phi) is 7.71. The van der Waals surface area contributed by atoms with Gasteiger partial charge in [-0.05, 0) is 73.6 Å². The zero-order valence-electron chi connectivity index (χ0n) is 18.2. The van der Waals surface area contributed by atoms with Crippen molar-refractivity contribution < 1.29 is 26.7 Å². The van der Waals surface area contributed by atoms with Crippen LogP contribution in [0.1, 0.15) is 65.7 Å². The standard InChI is InChI=1S/C21H31F5N2O/c1-12(2)27(13(3)4)17-9-16(19(29)20(22,23)21(24,25)26)10-18(11-17)28(14(5)6)15(7)8/h9-15H,1-8H3. The highest BCUT2D eigenvalue weighted by Crippen LogP contribution is 2.40.